The quantitative estimate of drug-likeness (QED) is 0.575. The predicted molar refractivity (Wildman–Crippen MR) is 102 cm³/mol. The van der Waals surface area contributed by atoms with Gasteiger partial charge in [-0.05, 0) is 26.0 Å². The van der Waals surface area contributed by atoms with Crippen molar-refractivity contribution >= 4 is 29.0 Å². The second-order valence-electron chi connectivity index (χ2n) is 6.71. The molecule has 10 heteroatoms. The molecule has 1 aliphatic heterocycles. The lowest BCUT2D eigenvalue weighted by Crippen LogP contribution is -2.50. The van der Waals surface area contributed by atoms with Gasteiger partial charge in [0.15, 0.2) is 0 Å². The second-order valence-corrected chi connectivity index (χ2v) is 7.20. The molecule has 1 fully saturated rings. The monoisotopic (exact) mass is 408 g/mol. The van der Waals surface area contributed by atoms with Crippen molar-refractivity contribution in [2.75, 3.05) is 13.1 Å². The Labute approximate surface area is 165 Å². The van der Waals surface area contributed by atoms with E-state index in [0.29, 0.717) is 17.2 Å². The molecule has 0 N–H and O–H groups in total. The highest BCUT2D eigenvalue weighted by Crippen LogP contribution is 2.36. The van der Waals surface area contributed by atoms with E-state index in [-0.39, 0.29) is 17.3 Å². The van der Waals surface area contributed by atoms with Gasteiger partial charge in [-0.3, -0.25) is 9.79 Å². The number of fused-ring (bicyclic) bond motifs is 1. The normalized spacial score (nSPS) is 20.1. The number of amides is 1. The van der Waals surface area contributed by atoms with Gasteiger partial charge in [-0.25, -0.2) is 18.3 Å². The summed E-state index contributed by atoms with van der Waals surface area (Å²) < 4.78 is 30.4. The van der Waals surface area contributed by atoms with Crippen LogP contribution in [0.3, 0.4) is 0 Å². The highest BCUT2D eigenvalue weighted by atomic mass is 35.5. The number of hydrogen-bond acceptors (Lipinski definition) is 5. The molecule has 0 bridgehead atoms. The van der Waals surface area contributed by atoms with E-state index in [1.165, 1.54) is 30.0 Å². The summed E-state index contributed by atoms with van der Waals surface area (Å²) in [6, 6.07) is 1.70. The fourth-order valence-electron chi connectivity index (χ4n) is 3.22. The number of hydrogen-bond donors (Lipinski definition) is 0. The van der Waals surface area contributed by atoms with Crippen molar-refractivity contribution in [1.82, 2.24) is 24.5 Å². The van der Waals surface area contributed by atoms with E-state index < -0.39 is 30.7 Å². The number of halogens is 3. The number of aryl methyl sites for hydroxylation is 1. The lowest BCUT2D eigenvalue weighted by Gasteiger charge is -2.37. The molecule has 1 saturated heterocycles. The maximum absolute atomic E-state index is 14.5. The first-order valence-electron chi connectivity index (χ1n) is 8.56. The van der Waals surface area contributed by atoms with Gasteiger partial charge in [-0.1, -0.05) is 18.2 Å². The Morgan fingerprint density at radius 3 is 2.96 bits per heavy atom. The van der Waals surface area contributed by atoms with Crippen molar-refractivity contribution in [3.05, 3.63) is 47.7 Å². The van der Waals surface area contributed by atoms with Gasteiger partial charge in [0, 0.05) is 35.8 Å². The number of rotatable bonds is 4. The van der Waals surface area contributed by atoms with E-state index in [1.54, 1.807) is 13.0 Å². The molecule has 7 nitrogen and oxygen atoms in total. The first-order chi connectivity index (χ1) is 13.2. The summed E-state index contributed by atoms with van der Waals surface area (Å²) in [4.78, 5) is 26.0. The van der Waals surface area contributed by atoms with Crippen LogP contribution in [0.1, 0.15) is 30.7 Å². The molecule has 1 aliphatic rings. The zero-order chi connectivity index (χ0) is 20.5. The summed E-state index contributed by atoms with van der Waals surface area (Å²) in [5.41, 5.74) is 1.28. The van der Waals surface area contributed by atoms with Gasteiger partial charge < -0.3 is 4.90 Å². The lowest BCUT2D eigenvalue weighted by molar-refractivity contribution is -0.136. The smallest absolute Gasteiger partial charge is 0.268 e. The maximum atomic E-state index is 14.5. The zero-order valence-electron chi connectivity index (χ0n) is 15.4. The molecule has 3 rings (SSSR count). The van der Waals surface area contributed by atoms with Gasteiger partial charge in [0.25, 0.3) is 17.6 Å². The van der Waals surface area contributed by atoms with Gasteiger partial charge in [0.05, 0.1) is 12.2 Å². The Morgan fingerprint density at radius 1 is 1.50 bits per heavy atom. The molecule has 2 aromatic heterocycles. The third-order valence-electron chi connectivity index (χ3n) is 4.35. The molecular formula is C18H19ClF2N6O. The highest BCUT2D eigenvalue weighted by molar-refractivity contribution is 6.38. The van der Waals surface area contributed by atoms with Crippen LogP contribution >= 0.6 is 11.6 Å². The Morgan fingerprint density at radius 2 is 2.25 bits per heavy atom. The van der Waals surface area contributed by atoms with Crippen LogP contribution in [0.4, 0.5) is 8.78 Å². The summed E-state index contributed by atoms with van der Waals surface area (Å²) in [6.07, 6.45) is 3.65. The van der Waals surface area contributed by atoms with Crippen LogP contribution in [0.2, 0.25) is 0 Å². The van der Waals surface area contributed by atoms with E-state index in [1.807, 2.05) is 0 Å². The number of aromatic nitrogens is 4. The number of carbonyl (C=O) groups excluding carboxylic acids is 1. The minimum absolute atomic E-state index is 0.0856. The van der Waals surface area contributed by atoms with Gasteiger partial charge in [-0.15, -0.1) is 0 Å². The molecule has 3 heterocycles. The van der Waals surface area contributed by atoms with E-state index >= 15 is 0 Å². The Bertz CT molecular complexity index is 984. The van der Waals surface area contributed by atoms with E-state index in [9.17, 15) is 13.6 Å². The fraction of sp³-hybridized carbons (Fsp3) is 0.389. The topological polar surface area (TPSA) is 75.8 Å². The van der Waals surface area contributed by atoms with E-state index in [4.69, 9.17) is 11.6 Å². The van der Waals surface area contributed by atoms with Crippen LogP contribution in [0, 0.1) is 6.92 Å². The highest BCUT2D eigenvalue weighted by Gasteiger charge is 2.43. The SMILES string of the molecule is C=C(Cl)/C=C\N=C(C)C(=O)N1CC(c2cc(C)nc3ncnn23)CC(F)(F)C1. The number of piperidine rings is 1. The van der Waals surface area contributed by atoms with Crippen LogP contribution in [-0.4, -0.2) is 55.1 Å². The van der Waals surface area contributed by atoms with Gasteiger partial charge >= 0.3 is 0 Å². The number of likely N-dealkylation sites (tertiary alicyclic amines) is 1. The van der Waals surface area contributed by atoms with Crippen molar-refractivity contribution in [2.24, 2.45) is 4.99 Å². The minimum atomic E-state index is -3.04. The molecule has 0 aromatic carbocycles. The molecular weight excluding hydrogens is 390 g/mol. The number of carbonyl (C=O) groups is 1. The summed E-state index contributed by atoms with van der Waals surface area (Å²) in [6.45, 7) is 6.16. The Kier molecular flexibility index (Phi) is 5.55. The predicted octanol–water partition coefficient (Wildman–Crippen LogP) is 3.11. The third-order valence-corrected chi connectivity index (χ3v) is 4.48. The second kappa shape index (κ2) is 7.75. The van der Waals surface area contributed by atoms with Crippen LogP contribution in [0.25, 0.3) is 5.78 Å². The average molecular weight is 409 g/mol. The standard InChI is InChI=1S/C18H19ClF2N6O/c1-11(19)4-5-22-13(3)16(28)26-8-14(7-18(20,21)9-26)15-6-12(2)25-17-23-10-24-27(15)17/h4-6,10,14H,1,7-9H2,2-3H3/b5-4-,22-13?. The number of nitrogens with zero attached hydrogens (tertiary/aromatic N) is 6. The van der Waals surface area contributed by atoms with Crippen molar-refractivity contribution in [2.45, 2.75) is 32.1 Å². The van der Waals surface area contributed by atoms with Gasteiger partial charge in [0.2, 0.25) is 0 Å². The molecule has 28 heavy (non-hydrogen) atoms. The fourth-order valence-corrected chi connectivity index (χ4v) is 3.27. The molecule has 148 valence electrons. The molecule has 1 atom stereocenters. The van der Waals surface area contributed by atoms with Crippen LogP contribution in [0.5, 0.6) is 0 Å². The third kappa shape index (κ3) is 4.41. The van der Waals surface area contributed by atoms with E-state index in [2.05, 4.69) is 26.6 Å². The lowest BCUT2D eigenvalue weighted by atomic mass is 9.91. The Hall–Kier alpha value is -2.68. The minimum Gasteiger partial charge on any atom is -0.331 e. The molecule has 0 aliphatic carbocycles. The van der Waals surface area contributed by atoms with Gasteiger partial charge in [0.1, 0.15) is 12.0 Å². The summed E-state index contributed by atoms with van der Waals surface area (Å²) in [7, 11) is 0. The molecule has 0 spiro atoms. The van der Waals surface area contributed by atoms with Crippen molar-refractivity contribution in [1.29, 1.82) is 0 Å². The van der Waals surface area contributed by atoms with Gasteiger partial charge in [-0.2, -0.15) is 10.1 Å². The summed E-state index contributed by atoms with van der Waals surface area (Å²) in [5, 5.41) is 4.33. The summed E-state index contributed by atoms with van der Waals surface area (Å²) >= 11 is 5.60. The molecule has 2 aromatic rings. The maximum Gasteiger partial charge on any atom is 0.268 e. The first kappa shape index (κ1) is 20.1. The zero-order valence-corrected chi connectivity index (χ0v) is 16.2. The van der Waals surface area contributed by atoms with Crippen LogP contribution in [0.15, 0.2) is 41.3 Å². The number of alkyl halides is 2. The van der Waals surface area contributed by atoms with Crippen molar-refractivity contribution < 1.29 is 13.6 Å². The number of aliphatic imine (C=N–C) groups is 1. The van der Waals surface area contributed by atoms with E-state index in [0.717, 1.165) is 4.90 Å². The Balaban J connectivity index is 1.90. The largest absolute Gasteiger partial charge is 0.331 e. The van der Waals surface area contributed by atoms with Crippen LogP contribution in [-0.2, 0) is 4.79 Å². The summed E-state index contributed by atoms with van der Waals surface area (Å²) in [5.74, 6) is -3.88. The van der Waals surface area contributed by atoms with Crippen molar-refractivity contribution in [3.8, 4) is 0 Å². The van der Waals surface area contributed by atoms with Crippen LogP contribution < -0.4 is 0 Å². The molecule has 1 amide bonds. The average Bonchev–Trinajstić information content (AvgIpc) is 3.06. The van der Waals surface area contributed by atoms with Crippen molar-refractivity contribution in [3.63, 3.8) is 0 Å². The molecule has 0 saturated carbocycles. The first-order valence-corrected chi connectivity index (χ1v) is 8.94. The number of allylic oxidation sites excluding steroid dienone is 2. The molecule has 1 unspecified atom stereocenters. The molecule has 0 radical (unpaired) electrons.